The van der Waals surface area contributed by atoms with Crippen LogP contribution in [-0.2, 0) is 0 Å². The number of nitrogens with two attached hydrogens (primary N) is 1. The number of nitro benzene ring substituents is 1. The summed E-state index contributed by atoms with van der Waals surface area (Å²) in [5, 5.41) is 19.7. The lowest BCUT2D eigenvalue weighted by molar-refractivity contribution is -0.385. The molecule has 1 aromatic rings. The van der Waals surface area contributed by atoms with Crippen LogP contribution in [-0.4, -0.2) is 10.0 Å². The Labute approximate surface area is 84.8 Å². The van der Waals surface area contributed by atoms with E-state index in [1.807, 2.05) is 0 Å². The summed E-state index contributed by atoms with van der Waals surface area (Å²) in [4.78, 5) is 9.66. The van der Waals surface area contributed by atoms with Crippen molar-refractivity contribution in [1.29, 1.82) is 0 Å². The number of halogens is 1. The molecule has 0 fully saturated rings. The van der Waals surface area contributed by atoms with Crippen LogP contribution in [0.25, 0.3) is 0 Å². The first-order valence-corrected chi connectivity index (χ1v) is 4.02. The summed E-state index contributed by atoms with van der Waals surface area (Å²) >= 11 is 0. The highest BCUT2D eigenvalue weighted by molar-refractivity contribution is 5.46. The first-order valence-electron chi connectivity index (χ1n) is 4.02. The lowest BCUT2D eigenvalue weighted by Crippen LogP contribution is -2.08. The Bertz CT molecular complexity index is 420. The normalized spacial score (nSPS) is 12.1. The van der Waals surface area contributed by atoms with Gasteiger partial charge in [0.25, 0.3) is 5.69 Å². The van der Waals surface area contributed by atoms with Gasteiger partial charge >= 0.3 is 0 Å². The Morgan fingerprint density at radius 1 is 1.67 bits per heavy atom. The van der Waals surface area contributed by atoms with Gasteiger partial charge in [0, 0.05) is 11.6 Å². The van der Waals surface area contributed by atoms with E-state index in [9.17, 15) is 19.6 Å². The third kappa shape index (κ3) is 2.10. The van der Waals surface area contributed by atoms with Gasteiger partial charge in [0.05, 0.1) is 17.0 Å². The first-order chi connectivity index (χ1) is 6.97. The molecule has 5 nitrogen and oxygen atoms in total. The van der Waals surface area contributed by atoms with Gasteiger partial charge in [-0.15, -0.1) is 6.58 Å². The second-order valence-electron chi connectivity index (χ2n) is 2.88. The third-order valence-electron chi connectivity index (χ3n) is 1.90. The Kier molecular flexibility index (Phi) is 3.01. The fourth-order valence-corrected chi connectivity index (χ4v) is 1.09. The fourth-order valence-electron chi connectivity index (χ4n) is 1.09. The Morgan fingerprint density at radius 2 is 2.27 bits per heavy atom. The van der Waals surface area contributed by atoms with Crippen LogP contribution in [0.4, 0.5) is 10.1 Å². The number of benzene rings is 1. The van der Waals surface area contributed by atoms with E-state index in [1.54, 1.807) is 0 Å². The van der Waals surface area contributed by atoms with Gasteiger partial charge in [0.2, 0.25) is 0 Å². The van der Waals surface area contributed by atoms with E-state index in [1.165, 1.54) is 6.08 Å². The molecule has 1 atom stereocenters. The maximum absolute atomic E-state index is 13.1. The number of hydrogen-bond acceptors (Lipinski definition) is 4. The molecule has 1 rings (SSSR count). The van der Waals surface area contributed by atoms with Crippen LogP contribution >= 0.6 is 0 Å². The van der Waals surface area contributed by atoms with Crippen molar-refractivity contribution in [2.24, 2.45) is 5.73 Å². The highest BCUT2D eigenvalue weighted by Crippen LogP contribution is 2.30. The standard InChI is InChI=1S/C9H9FN2O3/c1-2-8(11)6-3-5(12(14)15)4-7(10)9(6)13/h2-4,8,13H,1,11H2/t8-/m0/s1. The third-order valence-corrected chi connectivity index (χ3v) is 1.90. The highest BCUT2D eigenvalue weighted by atomic mass is 19.1. The van der Waals surface area contributed by atoms with Gasteiger partial charge in [0.15, 0.2) is 11.6 Å². The quantitative estimate of drug-likeness (QED) is 0.452. The molecule has 0 aliphatic carbocycles. The van der Waals surface area contributed by atoms with Crippen molar-refractivity contribution in [3.63, 3.8) is 0 Å². The average Bonchev–Trinajstić information content (AvgIpc) is 2.20. The molecule has 0 aliphatic heterocycles. The van der Waals surface area contributed by atoms with Crippen molar-refractivity contribution >= 4 is 5.69 Å². The number of nitrogens with zero attached hydrogens (tertiary/aromatic N) is 1. The molecule has 0 spiro atoms. The summed E-state index contributed by atoms with van der Waals surface area (Å²) in [6, 6.07) is 0.804. The summed E-state index contributed by atoms with van der Waals surface area (Å²) in [6.45, 7) is 3.35. The van der Waals surface area contributed by atoms with Crippen LogP contribution in [0.1, 0.15) is 11.6 Å². The fraction of sp³-hybridized carbons (Fsp3) is 0.111. The van der Waals surface area contributed by atoms with Crippen LogP contribution in [0.2, 0.25) is 0 Å². The van der Waals surface area contributed by atoms with Crippen molar-refractivity contribution < 1.29 is 14.4 Å². The maximum Gasteiger partial charge on any atom is 0.272 e. The molecule has 3 N–H and O–H groups in total. The predicted molar refractivity (Wildman–Crippen MR) is 51.8 cm³/mol. The molecule has 80 valence electrons. The molecule has 0 bridgehead atoms. The molecule has 0 unspecified atom stereocenters. The van der Waals surface area contributed by atoms with Crippen molar-refractivity contribution in [3.05, 3.63) is 46.3 Å². The molecule has 15 heavy (non-hydrogen) atoms. The summed E-state index contributed by atoms with van der Waals surface area (Å²) in [7, 11) is 0. The van der Waals surface area contributed by atoms with E-state index < -0.39 is 28.2 Å². The molecule has 1 aromatic carbocycles. The number of hydrogen-bond donors (Lipinski definition) is 2. The van der Waals surface area contributed by atoms with Gasteiger partial charge in [-0.05, 0) is 0 Å². The van der Waals surface area contributed by atoms with Gasteiger partial charge in [-0.2, -0.15) is 0 Å². The van der Waals surface area contributed by atoms with Gasteiger partial charge < -0.3 is 10.8 Å². The van der Waals surface area contributed by atoms with E-state index >= 15 is 0 Å². The lowest BCUT2D eigenvalue weighted by atomic mass is 10.1. The number of rotatable bonds is 3. The zero-order chi connectivity index (χ0) is 11.6. The molecular formula is C9H9FN2O3. The van der Waals surface area contributed by atoms with E-state index in [0.29, 0.717) is 6.07 Å². The number of aromatic hydroxyl groups is 1. The topological polar surface area (TPSA) is 89.4 Å². The summed E-state index contributed by atoms with van der Waals surface area (Å²) in [5.74, 6) is -1.76. The summed E-state index contributed by atoms with van der Waals surface area (Å²) in [6.07, 6.45) is 1.25. The molecule has 0 aliphatic rings. The predicted octanol–water partition coefficient (Wildman–Crippen LogP) is 1.63. The minimum absolute atomic E-state index is 0.0586. The smallest absolute Gasteiger partial charge is 0.272 e. The van der Waals surface area contributed by atoms with E-state index in [4.69, 9.17) is 5.73 Å². The minimum atomic E-state index is -1.07. The number of non-ortho nitro benzene ring substituents is 1. The monoisotopic (exact) mass is 212 g/mol. The molecule has 0 radical (unpaired) electrons. The molecule has 0 saturated carbocycles. The largest absolute Gasteiger partial charge is 0.505 e. The zero-order valence-corrected chi connectivity index (χ0v) is 7.68. The zero-order valence-electron chi connectivity index (χ0n) is 7.68. The average molecular weight is 212 g/mol. The SMILES string of the molecule is C=C[C@H](N)c1cc([N+](=O)[O-])cc(F)c1O. The summed E-state index contributed by atoms with van der Waals surface area (Å²) in [5.41, 5.74) is 4.95. The van der Waals surface area contributed by atoms with Crippen LogP contribution in [0.3, 0.4) is 0 Å². The number of phenols is 1. The molecule has 0 amide bonds. The van der Waals surface area contributed by atoms with Crippen LogP contribution in [0.5, 0.6) is 5.75 Å². The second-order valence-corrected chi connectivity index (χ2v) is 2.88. The Hall–Kier alpha value is -1.95. The highest BCUT2D eigenvalue weighted by Gasteiger charge is 2.18. The van der Waals surface area contributed by atoms with Crippen molar-refractivity contribution in [3.8, 4) is 5.75 Å². The van der Waals surface area contributed by atoms with Gasteiger partial charge in [0.1, 0.15) is 0 Å². The van der Waals surface area contributed by atoms with E-state index in [-0.39, 0.29) is 5.56 Å². The Balaban J connectivity index is 3.37. The van der Waals surface area contributed by atoms with Crippen molar-refractivity contribution in [2.45, 2.75) is 6.04 Å². The molecular weight excluding hydrogens is 203 g/mol. The van der Waals surface area contributed by atoms with Gasteiger partial charge in [-0.25, -0.2) is 4.39 Å². The van der Waals surface area contributed by atoms with Crippen LogP contribution < -0.4 is 5.73 Å². The lowest BCUT2D eigenvalue weighted by Gasteiger charge is -2.09. The van der Waals surface area contributed by atoms with Gasteiger partial charge in [-0.3, -0.25) is 10.1 Å². The van der Waals surface area contributed by atoms with Gasteiger partial charge in [-0.1, -0.05) is 6.08 Å². The Morgan fingerprint density at radius 3 is 2.73 bits per heavy atom. The van der Waals surface area contributed by atoms with Crippen molar-refractivity contribution in [2.75, 3.05) is 0 Å². The van der Waals surface area contributed by atoms with E-state index in [0.717, 1.165) is 6.07 Å². The molecule has 0 heterocycles. The van der Waals surface area contributed by atoms with Crippen LogP contribution in [0, 0.1) is 15.9 Å². The minimum Gasteiger partial charge on any atom is -0.505 e. The van der Waals surface area contributed by atoms with Crippen LogP contribution in [0.15, 0.2) is 24.8 Å². The number of phenolic OH excluding ortho intramolecular Hbond substituents is 1. The number of nitro groups is 1. The molecule has 0 aromatic heterocycles. The summed E-state index contributed by atoms with van der Waals surface area (Å²) < 4.78 is 13.1. The maximum atomic E-state index is 13.1. The molecule has 0 saturated heterocycles. The van der Waals surface area contributed by atoms with Crippen molar-refractivity contribution in [1.82, 2.24) is 0 Å². The second kappa shape index (κ2) is 4.05. The molecule has 6 heteroatoms. The first kappa shape index (κ1) is 11.1. The van der Waals surface area contributed by atoms with E-state index in [2.05, 4.69) is 6.58 Å².